The van der Waals surface area contributed by atoms with E-state index in [1.54, 1.807) is 0 Å². The Labute approximate surface area is 284 Å². The van der Waals surface area contributed by atoms with Crippen LogP contribution in [-0.4, -0.2) is 0 Å². The summed E-state index contributed by atoms with van der Waals surface area (Å²) in [7, 11) is 0. The van der Waals surface area contributed by atoms with Gasteiger partial charge in [0, 0.05) is 37.2 Å². The van der Waals surface area contributed by atoms with Crippen molar-refractivity contribution in [2.75, 3.05) is 4.90 Å². The summed E-state index contributed by atoms with van der Waals surface area (Å²) in [5.74, 6) is 0. The Morgan fingerprint density at radius 3 is 1.54 bits per heavy atom. The topological polar surface area (TPSA) is 3.24 Å². The Morgan fingerprint density at radius 2 is 0.854 bits per heavy atom. The minimum absolute atomic E-state index is 1.12. The van der Waals surface area contributed by atoms with E-state index in [1.165, 1.54) is 64.3 Å². The molecule has 0 atom stereocenters. The van der Waals surface area contributed by atoms with Gasteiger partial charge in [-0.2, -0.15) is 0 Å². The van der Waals surface area contributed by atoms with Crippen LogP contribution in [0.3, 0.4) is 0 Å². The maximum absolute atomic E-state index is 2.34. The van der Waals surface area contributed by atoms with E-state index in [-0.39, 0.29) is 0 Å². The maximum atomic E-state index is 2.34. The molecule has 9 rings (SSSR count). The molecule has 0 fully saturated rings. The molecule has 0 bridgehead atoms. The molecule has 0 N–H and O–H groups in total. The first kappa shape index (κ1) is 28.3. The van der Waals surface area contributed by atoms with Crippen LogP contribution in [0, 0.1) is 0 Å². The molecule has 0 aliphatic carbocycles. The number of benzene rings is 8. The van der Waals surface area contributed by atoms with Gasteiger partial charge in [-0.05, 0) is 86.6 Å². The summed E-state index contributed by atoms with van der Waals surface area (Å²) in [4.78, 5) is 2.34. The molecule has 0 saturated heterocycles. The molecule has 1 nitrogen and oxygen atoms in total. The second kappa shape index (κ2) is 12.0. The first-order chi connectivity index (χ1) is 23.8. The summed E-state index contributed by atoms with van der Waals surface area (Å²) in [6.45, 7) is 0. The molecule has 1 heterocycles. The van der Waals surface area contributed by atoms with Crippen molar-refractivity contribution in [2.24, 2.45) is 0 Å². The van der Waals surface area contributed by atoms with E-state index in [9.17, 15) is 0 Å². The van der Waals surface area contributed by atoms with Gasteiger partial charge < -0.3 is 4.90 Å². The van der Waals surface area contributed by atoms with Gasteiger partial charge >= 0.3 is 0 Å². The van der Waals surface area contributed by atoms with E-state index in [2.05, 4.69) is 193 Å². The van der Waals surface area contributed by atoms with E-state index in [1.807, 2.05) is 11.3 Å². The third-order valence-corrected chi connectivity index (χ3v) is 10.5. The summed E-state index contributed by atoms with van der Waals surface area (Å²) >= 11 is 1.89. The van der Waals surface area contributed by atoms with Crippen molar-refractivity contribution in [1.82, 2.24) is 0 Å². The van der Waals surface area contributed by atoms with Crippen LogP contribution in [0.2, 0.25) is 0 Å². The molecule has 0 spiro atoms. The minimum Gasteiger partial charge on any atom is -0.311 e. The fourth-order valence-corrected chi connectivity index (χ4v) is 8.27. The number of hydrogen-bond donors (Lipinski definition) is 0. The number of fused-ring (bicyclic) bond motifs is 5. The first-order valence-corrected chi connectivity index (χ1v) is 17.2. The van der Waals surface area contributed by atoms with Crippen LogP contribution in [0.1, 0.15) is 0 Å². The van der Waals surface area contributed by atoms with Crippen LogP contribution in [-0.2, 0) is 0 Å². The molecule has 2 heteroatoms. The van der Waals surface area contributed by atoms with Crippen molar-refractivity contribution < 1.29 is 0 Å². The number of hydrogen-bond acceptors (Lipinski definition) is 2. The summed E-state index contributed by atoms with van der Waals surface area (Å²) < 4.78 is 2.68. The smallest absolute Gasteiger partial charge is 0.0462 e. The quantitative estimate of drug-likeness (QED) is 0.177. The molecule has 9 aromatic rings. The van der Waals surface area contributed by atoms with Gasteiger partial charge in [0.25, 0.3) is 0 Å². The lowest BCUT2D eigenvalue weighted by Gasteiger charge is -2.26. The normalized spacial score (nSPS) is 11.3. The highest BCUT2D eigenvalue weighted by Crippen LogP contribution is 2.44. The van der Waals surface area contributed by atoms with Crippen LogP contribution in [0.4, 0.5) is 17.1 Å². The number of nitrogens with zero attached hydrogens (tertiary/aromatic N) is 1. The van der Waals surface area contributed by atoms with E-state index >= 15 is 0 Å². The molecule has 1 aromatic heterocycles. The van der Waals surface area contributed by atoms with Gasteiger partial charge in [-0.3, -0.25) is 0 Å². The number of rotatable bonds is 6. The maximum Gasteiger partial charge on any atom is 0.0462 e. The SMILES string of the molecule is c1ccc(-c2ccccc2-c2ccc(N(c3ccccc3)c3ccc(-c4cccc5sc6c7ccccc7ccc6c45)cc3)cc2)cc1. The highest BCUT2D eigenvalue weighted by atomic mass is 32.1. The van der Waals surface area contributed by atoms with E-state index < -0.39 is 0 Å². The molecule has 226 valence electrons. The Hall–Kier alpha value is -5.96. The van der Waals surface area contributed by atoms with E-state index in [4.69, 9.17) is 0 Å². The Morgan fingerprint density at radius 1 is 0.333 bits per heavy atom. The number of anilines is 3. The summed E-state index contributed by atoms with van der Waals surface area (Å²) in [5, 5.41) is 5.28. The zero-order valence-electron chi connectivity index (χ0n) is 26.3. The second-order valence-corrected chi connectivity index (χ2v) is 13.2. The lowest BCUT2D eigenvalue weighted by Crippen LogP contribution is -2.09. The van der Waals surface area contributed by atoms with Crippen LogP contribution in [0.5, 0.6) is 0 Å². The molecule has 0 unspecified atom stereocenters. The number of para-hydroxylation sites is 1. The van der Waals surface area contributed by atoms with E-state index in [0.29, 0.717) is 0 Å². The van der Waals surface area contributed by atoms with Crippen LogP contribution in [0.15, 0.2) is 188 Å². The highest BCUT2D eigenvalue weighted by Gasteiger charge is 2.16. The molecule has 0 saturated carbocycles. The van der Waals surface area contributed by atoms with E-state index in [0.717, 1.165) is 17.1 Å². The second-order valence-electron chi connectivity index (χ2n) is 12.1. The zero-order chi connectivity index (χ0) is 31.9. The Balaban J connectivity index is 1.11. The first-order valence-electron chi connectivity index (χ1n) is 16.4. The van der Waals surface area contributed by atoms with Gasteiger partial charge in [0.15, 0.2) is 0 Å². The minimum atomic E-state index is 1.12. The molecular weight excluding hydrogens is 599 g/mol. The third-order valence-electron chi connectivity index (χ3n) is 9.29. The van der Waals surface area contributed by atoms with Crippen molar-refractivity contribution in [3.05, 3.63) is 188 Å². The third kappa shape index (κ3) is 4.95. The molecule has 0 aliphatic rings. The van der Waals surface area contributed by atoms with Gasteiger partial charge in [-0.15, -0.1) is 11.3 Å². The van der Waals surface area contributed by atoms with Gasteiger partial charge in [-0.1, -0.05) is 146 Å². The zero-order valence-corrected chi connectivity index (χ0v) is 27.1. The van der Waals surface area contributed by atoms with Crippen molar-refractivity contribution >= 4 is 59.3 Å². The molecule has 0 radical (unpaired) electrons. The van der Waals surface area contributed by atoms with Gasteiger partial charge in [0.05, 0.1) is 0 Å². The Kier molecular flexibility index (Phi) is 7.07. The average Bonchev–Trinajstić information content (AvgIpc) is 3.56. The number of thiophene rings is 1. The van der Waals surface area contributed by atoms with Crippen LogP contribution >= 0.6 is 11.3 Å². The van der Waals surface area contributed by atoms with Crippen LogP contribution < -0.4 is 4.90 Å². The highest BCUT2D eigenvalue weighted by molar-refractivity contribution is 7.26. The fraction of sp³-hybridized carbons (Fsp3) is 0. The van der Waals surface area contributed by atoms with Gasteiger partial charge in [-0.25, -0.2) is 0 Å². The predicted octanol–water partition coefficient (Wildman–Crippen LogP) is 13.7. The summed E-state index contributed by atoms with van der Waals surface area (Å²) in [6.07, 6.45) is 0. The van der Waals surface area contributed by atoms with Gasteiger partial charge in [0.2, 0.25) is 0 Å². The van der Waals surface area contributed by atoms with Crippen molar-refractivity contribution in [3.63, 3.8) is 0 Å². The summed E-state index contributed by atoms with van der Waals surface area (Å²) in [6, 6.07) is 67.9. The van der Waals surface area contributed by atoms with Crippen molar-refractivity contribution in [1.29, 1.82) is 0 Å². The lowest BCUT2D eigenvalue weighted by atomic mass is 9.94. The molecule has 0 amide bonds. The molecular formula is C46H31NS. The lowest BCUT2D eigenvalue weighted by molar-refractivity contribution is 1.28. The summed E-state index contributed by atoms with van der Waals surface area (Å²) in [5.41, 5.74) is 10.8. The van der Waals surface area contributed by atoms with Crippen molar-refractivity contribution in [2.45, 2.75) is 0 Å². The van der Waals surface area contributed by atoms with Crippen molar-refractivity contribution in [3.8, 4) is 33.4 Å². The standard InChI is InChI=1S/C46H31NS/c1-3-12-32(13-4-1)39-17-9-10-18-40(39)34-22-27-37(28-23-34)47(36-15-5-2-6-16-36)38-29-24-35(25-30-38)41-20-11-21-44-45(41)43-31-26-33-14-7-8-19-42(33)46(43)48-44/h1-31H. The molecule has 48 heavy (non-hydrogen) atoms. The Bertz CT molecular complexity index is 2530. The van der Waals surface area contributed by atoms with Crippen LogP contribution in [0.25, 0.3) is 64.3 Å². The monoisotopic (exact) mass is 629 g/mol. The molecule has 0 aliphatic heterocycles. The largest absolute Gasteiger partial charge is 0.311 e. The van der Waals surface area contributed by atoms with Gasteiger partial charge in [0.1, 0.15) is 0 Å². The average molecular weight is 630 g/mol. The predicted molar refractivity (Wildman–Crippen MR) is 208 cm³/mol. The molecule has 8 aromatic carbocycles. The fourth-order valence-electron chi connectivity index (χ4n) is 7.00.